The Labute approximate surface area is 115 Å². The van der Waals surface area contributed by atoms with Crippen LogP contribution in [0.25, 0.3) is 0 Å². The van der Waals surface area contributed by atoms with Crippen molar-refractivity contribution in [1.29, 1.82) is 0 Å². The standard InChI is InChI=1S/C17H35N/c1-14(2)12-18-13-17(5,15(3)4)11-16-9-7-6-8-10-16/h14-16,18H,6-13H2,1-5H3. The molecule has 1 aliphatic carbocycles. The van der Waals surface area contributed by atoms with Crippen LogP contribution in [0.1, 0.15) is 73.1 Å². The number of nitrogens with one attached hydrogen (secondary N) is 1. The molecule has 1 saturated carbocycles. The Balaban J connectivity index is 2.44. The summed E-state index contributed by atoms with van der Waals surface area (Å²) in [5.74, 6) is 2.53. The predicted molar refractivity (Wildman–Crippen MR) is 81.8 cm³/mol. The summed E-state index contributed by atoms with van der Waals surface area (Å²) >= 11 is 0. The van der Waals surface area contributed by atoms with Crippen molar-refractivity contribution in [3.05, 3.63) is 0 Å². The molecule has 0 aromatic heterocycles. The zero-order chi connectivity index (χ0) is 13.6. The maximum absolute atomic E-state index is 3.70. The molecule has 0 spiro atoms. The van der Waals surface area contributed by atoms with E-state index in [0.717, 1.165) is 24.3 Å². The smallest absolute Gasteiger partial charge is 0.000782 e. The van der Waals surface area contributed by atoms with Crippen LogP contribution in [-0.2, 0) is 0 Å². The van der Waals surface area contributed by atoms with Gasteiger partial charge in [-0.05, 0) is 36.1 Å². The molecule has 0 saturated heterocycles. The molecule has 0 bridgehead atoms. The lowest BCUT2D eigenvalue weighted by Gasteiger charge is -2.38. The molecule has 1 rings (SSSR count). The highest BCUT2D eigenvalue weighted by atomic mass is 14.9. The van der Waals surface area contributed by atoms with Crippen LogP contribution in [0.4, 0.5) is 0 Å². The van der Waals surface area contributed by atoms with Gasteiger partial charge in [0.15, 0.2) is 0 Å². The van der Waals surface area contributed by atoms with Crippen LogP contribution >= 0.6 is 0 Å². The van der Waals surface area contributed by atoms with Crippen molar-refractivity contribution in [2.75, 3.05) is 13.1 Å². The SMILES string of the molecule is CC(C)CNCC(C)(CC1CCCCC1)C(C)C. The van der Waals surface area contributed by atoms with Crippen molar-refractivity contribution >= 4 is 0 Å². The molecule has 0 aromatic rings. The van der Waals surface area contributed by atoms with E-state index in [0.29, 0.717) is 5.41 Å². The lowest BCUT2D eigenvalue weighted by Crippen LogP contribution is -2.39. The van der Waals surface area contributed by atoms with Crippen molar-refractivity contribution in [1.82, 2.24) is 5.32 Å². The molecule has 1 atom stereocenters. The van der Waals surface area contributed by atoms with Crippen molar-refractivity contribution in [2.45, 2.75) is 73.1 Å². The van der Waals surface area contributed by atoms with E-state index in [-0.39, 0.29) is 0 Å². The summed E-state index contributed by atoms with van der Waals surface area (Å²) in [6, 6.07) is 0. The molecule has 0 amide bonds. The predicted octanol–water partition coefficient (Wildman–Crippen LogP) is 4.86. The Kier molecular flexibility index (Phi) is 6.70. The molecular formula is C17H35N. The van der Waals surface area contributed by atoms with Crippen molar-refractivity contribution < 1.29 is 0 Å². The lowest BCUT2D eigenvalue weighted by molar-refractivity contribution is 0.137. The molecule has 1 fully saturated rings. The van der Waals surface area contributed by atoms with Gasteiger partial charge in [-0.15, -0.1) is 0 Å². The van der Waals surface area contributed by atoms with Gasteiger partial charge in [0.2, 0.25) is 0 Å². The molecule has 1 heteroatoms. The Morgan fingerprint density at radius 2 is 1.67 bits per heavy atom. The summed E-state index contributed by atoms with van der Waals surface area (Å²) in [7, 11) is 0. The normalized spacial score (nSPS) is 21.5. The number of hydrogen-bond acceptors (Lipinski definition) is 1. The lowest BCUT2D eigenvalue weighted by atomic mass is 9.69. The van der Waals surface area contributed by atoms with E-state index in [4.69, 9.17) is 0 Å². The fourth-order valence-electron chi connectivity index (χ4n) is 3.21. The maximum Gasteiger partial charge on any atom is 0.000782 e. The molecule has 1 nitrogen and oxygen atoms in total. The van der Waals surface area contributed by atoms with Gasteiger partial charge in [-0.3, -0.25) is 0 Å². The van der Waals surface area contributed by atoms with Crippen LogP contribution in [0.15, 0.2) is 0 Å². The van der Waals surface area contributed by atoms with Crippen molar-refractivity contribution in [2.24, 2.45) is 23.2 Å². The molecule has 108 valence electrons. The van der Waals surface area contributed by atoms with Crippen LogP contribution in [0.5, 0.6) is 0 Å². The van der Waals surface area contributed by atoms with Crippen LogP contribution in [0.3, 0.4) is 0 Å². The van der Waals surface area contributed by atoms with Gasteiger partial charge >= 0.3 is 0 Å². The van der Waals surface area contributed by atoms with Gasteiger partial charge in [-0.2, -0.15) is 0 Å². The summed E-state index contributed by atoms with van der Waals surface area (Å²) < 4.78 is 0. The summed E-state index contributed by atoms with van der Waals surface area (Å²) in [4.78, 5) is 0. The highest BCUT2D eigenvalue weighted by molar-refractivity contribution is 4.84. The molecule has 1 aliphatic rings. The molecule has 0 aliphatic heterocycles. The second-order valence-corrected chi connectivity index (χ2v) is 7.54. The summed E-state index contributed by atoms with van der Waals surface area (Å²) in [6.45, 7) is 14.2. The van der Waals surface area contributed by atoms with Gasteiger partial charge < -0.3 is 5.32 Å². The first-order chi connectivity index (χ1) is 8.44. The van der Waals surface area contributed by atoms with E-state index in [1.165, 1.54) is 45.1 Å². The van der Waals surface area contributed by atoms with Gasteiger partial charge in [0.05, 0.1) is 0 Å². The van der Waals surface area contributed by atoms with Gasteiger partial charge in [-0.1, -0.05) is 66.7 Å². The molecule has 18 heavy (non-hydrogen) atoms. The first-order valence-electron chi connectivity index (χ1n) is 8.15. The largest absolute Gasteiger partial charge is 0.316 e. The van der Waals surface area contributed by atoms with Crippen LogP contribution in [-0.4, -0.2) is 13.1 Å². The van der Waals surface area contributed by atoms with E-state index < -0.39 is 0 Å². The minimum Gasteiger partial charge on any atom is -0.316 e. The Hall–Kier alpha value is -0.0400. The summed E-state index contributed by atoms with van der Waals surface area (Å²) in [6.07, 6.45) is 8.80. The molecule has 1 N–H and O–H groups in total. The van der Waals surface area contributed by atoms with Gasteiger partial charge in [0.1, 0.15) is 0 Å². The van der Waals surface area contributed by atoms with E-state index >= 15 is 0 Å². The molecule has 0 heterocycles. The fraction of sp³-hybridized carbons (Fsp3) is 1.00. The molecule has 0 radical (unpaired) electrons. The Bertz CT molecular complexity index is 216. The van der Waals surface area contributed by atoms with Crippen LogP contribution < -0.4 is 5.32 Å². The van der Waals surface area contributed by atoms with Crippen LogP contribution in [0, 0.1) is 23.2 Å². The average Bonchev–Trinajstić information content (AvgIpc) is 2.29. The third-order valence-electron chi connectivity index (χ3n) is 4.96. The van der Waals surface area contributed by atoms with E-state index in [9.17, 15) is 0 Å². The quantitative estimate of drug-likeness (QED) is 0.683. The Morgan fingerprint density at radius 3 is 2.17 bits per heavy atom. The van der Waals surface area contributed by atoms with E-state index in [2.05, 4.69) is 39.9 Å². The zero-order valence-corrected chi connectivity index (χ0v) is 13.4. The van der Waals surface area contributed by atoms with Crippen molar-refractivity contribution in [3.8, 4) is 0 Å². The first-order valence-corrected chi connectivity index (χ1v) is 8.15. The van der Waals surface area contributed by atoms with Crippen molar-refractivity contribution in [3.63, 3.8) is 0 Å². The topological polar surface area (TPSA) is 12.0 Å². The van der Waals surface area contributed by atoms with Gasteiger partial charge in [-0.25, -0.2) is 0 Å². The zero-order valence-electron chi connectivity index (χ0n) is 13.4. The molecule has 1 unspecified atom stereocenters. The minimum absolute atomic E-state index is 0.483. The van der Waals surface area contributed by atoms with Gasteiger partial charge in [0.25, 0.3) is 0 Å². The monoisotopic (exact) mass is 253 g/mol. The summed E-state index contributed by atoms with van der Waals surface area (Å²) in [5.41, 5.74) is 0.483. The third kappa shape index (κ3) is 5.30. The second kappa shape index (κ2) is 7.53. The van der Waals surface area contributed by atoms with Gasteiger partial charge in [0, 0.05) is 6.54 Å². The summed E-state index contributed by atoms with van der Waals surface area (Å²) in [5, 5.41) is 3.70. The maximum atomic E-state index is 3.70. The molecular weight excluding hydrogens is 218 g/mol. The van der Waals surface area contributed by atoms with E-state index in [1.807, 2.05) is 0 Å². The number of rotatable bonds is 7. The second-order valence-electron chi connectivity index (χ2n) is 7.54. The average molecular weight is 253 g/mol. The van der Waals surface area contributed by atoms with E-state index in [1.54, 1.807) is 0 Å². The minimum atomic E-state index is 0.483. The fourth-order valence-corrected chi connectivity index (χ4v) is 3.21. The number of hydrogen-bond donors (Lipinski definition) is 1. The molecule has 0 aromatic carbocycles. The third-order valence-corrected chi connectivity index (χ3v) is 4.96. The Morgan fingerprint density at radius 1 is 1.06 bits per heavy atom. The van der Waals surface area contributed by atoms with Crippen LogP contribution in [0.2, 0.25) is 0 Å². The first kappa shape index (κ1) is 16.0. The highest BCUT2D eigenvalue weighted by Crippen LogP contribution is 2.39. The highest BCUT2D eigenvalue weighted by Gasteiger charge is 2.31.